The fourth-order valence-electron chi connectivity index (χ4n) is 2.89. The van der Waals surface area contributed by atoms with Crippen LogP contribution in [0.15, 0.2) is 48.5 Å². The number of H-pyrrole nitrogens is 1. The minimum Gasteiger partial charge on any atom is -0.345 e. The molecular weight excluding hydrogens is 456 g/mol. The van der Waals surface area contributed by atoms with E-state index in [0.717, 1.165) is 5.69 Å². The van der Waals surface area contributed by atoms with E-state index in [9.17, 15) is 18.4 Å². The van der Waals surface area contributed by atoms with E-state index in [4.69, 9.17) is 11.6 Å². The maximum Gasteiger partial charge on any atom is 0.272 e. The highest BCUT2D eigenvalue weighted by atomic mass is 35.5. The third kappa shape index (κ3) is 4.88. The molecule has 2 amide bonds. The van der Waals surface area contributed by atoms with Crippen molar-refractivity contribution in [3.8, 4) is 5.69 Å². The number of aromatic amines is 1. The zero-order valence-corrected chi connectivity index (χ0v) is 17.8. The summed E-state index contributed by atoms with van der Waals surface area (Å²) in [5, 5.41) is 19.9. The summed E-state index contributed by atoms with van der Waals surface area (Å²) >= 11 is 5.80. The van der Waals surface area contributed by atoms with Crippen LogP contribution in [0.3, 0.4) is 0 Å². The first-order valence-electron chi connectivity index (χ1n) is 9.59. The smallest absolute Gasteiger partial charge is 0.272 e. The minimum absolute atomic E-state index is 0.00483. The lowest BCUT2D eigenvalue weighted by molar-refractivity contribution is 0.0944. The number of nitrogens with zero attached hydrogens (tertiary/aromatic N) is 4. The van der Waals surface area contributed by atoms with Gasteiger partial charge in [0.1, 0.15) is 11.5 Å². The summed E-state index contributed by atoms with van der Waals surface area (Å²) in [6, 6.07) is 12.0. The lowest BCUT2D eigenvalue weighted by Crippen LogP contribution is -2.23. The largest absolute Gasteiger partial charge is 0.345 e. The van der Waals surface area contributed by atoms with Gasteiger partial charge in [-0.3, -0.25) is 14.7 Å². The number of para-hydroxylation sites is 1. The fourth-order valence-corrected chi connectivity index (χ4v) is 3.13. The molecule has 2 aromatic carbocycles. The van der Waals surface area contributed by atoms with Crippen molar-refractivity contribution in [3.05, 3.63) is 87.8 Å². The molecular formula is C21H16ClF2N7O2. The Labute approximate surface area is 190 Å². The van der Waals surface area contributed by atoms with E-state index in [1.807, 2.05) is 30.3 Å². The molecule has 3 N–H and O–H groups in total. The summed E-state index contributed by atoms with van der Waals surface area (Å²) in [5.74, 6) is -3.64. The lowest BCUT2D eigenvalue weighted by atomic mass is 10.2. The zero-order chi connectivity index (χ0) is 23.5. The number of benzene rings is 2. The molecule has 0 aliphatic heterocycles. The molecule has 0 radical (unpaired) electrons. The van der Waals surface area contributed by atoms with Gasteiger partial charge in [-0.15, -0.1) is 0 Å². The number of nitrogens with one attached hydrogen (secondary N) is 3. The Morgan fingerprint density at radius 1 is 1.06 bits per heavy atom. The highest BCUT2D eigenvalue weighted by molar-refractivity contribution is 6.34. The number of carbonyl (C=O) groups is 2. The Balaban J connectivity index is 1.39. The van der Waals surface area contributed by atoms with Crippen LogP contribution in [0.4, 0.5) is 14.6 Å². The molecule has 0 saturated carbocycles. The third-order valence-corrected chi connectivity index (χ3v) is 4.91. The van der Waals surface area contributed by atoms with E-state index in [0.29, 0.717) is 23.5 Å². The Hall–Kier alpha value is -4.12. The van der Waals surface area contributed by atoms with E-state index in [-0.39, 0.29) is 28.6 Å². The Bertz CT molecular complexity index is 1340. The molecule has 0 spiro atoms. The van der Waals surface area contributed by atoms with Gasteiger partial charge in [-0.25, -0.2) is 8.78 Å². The van der Waals surface area contributed by atoms with Crippen LogP contribution < -0.4 is 10.6 Å². The van der Waals surface area contributed by atoms with Gasteiger partial charge >= 0.3 is 0 Å². The number of aromatic nitrogens is 5. The molecule has 12 heteroatoms. The number of rotatable bonds is 6. The van der Waals surface area contributed by atoms with E-state index < -0.39 is 23.4 Å². The number of hydrogen-bond donors (Lipinski definition) is 3. The van der Waals surface area contributed by atoms with Crippen LogP contribution in [-0.4, -0.2) is 37.0 Å². The molecule has 4 rings (SSSR count). The Kier molecular flexibility index (Phi) is 6.13. The number of carbonyl (C=O) groups excluding carboxylic acids is 2. The van der Waals surface area contributed by atoms with Gasteiger partial charge < -0.3 is 10.6 Å². The van der Waals surface area contributed by atoms with Crippen molar-refractivity contribution in [3.63, 3.8) is 0 Å². The maximum absolute atomic E-state index is 13.4. The molecule has 4 aromatic rings. The number of halogens is 3. The Morgan fingerprint density at radius 2 is 1.79 bits per heavy atom. The normalized spacial score (nSPS) is 10.8. The summed E-state index contributed by atoms with van der Waals surface area (Å²) in [6.45, 7) is 1.88. The van der Waals surface area contributed by atoms with Crippen LogP contribution >= 0.6 is 11.6 Å². The predicted molar refractivity (Wildman–Crippen MR) is 115 cm³/mol. The number of aryl methyl sites for hydroxylation is 1. The molecule has 2 aromatic heterocycles. The first kappa shape index (κ1) is 22.1. The first-order valence-corrected chi connectivity index (χ1v) is 9.97. The van der Waals surface area contributed by atoms with E-state index in [1.54, 1.807) is 6.92 Å². The summed E-state index contributed by atoms with van der Waals surface area (Å²) < 4.78 is 26.6. The average Bonchev–Trinajstić information content (AvgIpc) is 3.41. The third-order valence-electron chi connectivity index (χ3n) is 4.59. The van der Waals surface area contributed by atoms with E-state index >= 15 is 0 Å². The van der Waals surface area contributed by atoms with Crippen LogP contribution in [0, 0.1) is 18.6 Å². The summed E-state index contributed by atoms with van der Waals surface area (Å²) in [4.78, 5) is 26.2. The molecule has 168 valence electrons. The van der Waals surface area contributed by atoms with Gasteiger partial charge in [0.25, 0.3) is 11.8 Å². The number of amides is 2. The molecule has 33 heavy (non-hydrogen) atoms. The van der Waals surface area contributed by atoms with Crippen molar-refractivity contribution in [2.75, 3.05) is 5.32 Å². The summed E-state index contributed by atoms with van der Waals surface area (Å²) in [7, 11) is 0. The minimum atomic E-state index is -1.21. The van der Waals surface area contributed by atoms with Gasteiger partial charge in [0.2, 0.25) is 0 Å². The van der Waals surface area contributed by atoms with Gasteiger partial charge in [0.05, 0.1) is 28.5 Å². The summed E-state index contributed by atoms with van der Waals surface area (Å²) in [6.07, 6.45) is 0. The van der Waals surface area contributed by atoms with Crippen molar-refractivity contribution >= 4 is 29.2 Å². The van der Waals surface area contributed by atoms with Gasteiger partial charge in [-0.1, -0.05) is 29.8 Å². The molecule has 2 heterocycles. The van der Waals surface area contributed by atoms with Crippen molar-refractivity contribution in [1.29, 1.82) is 0 Å². The van der Waals surface area contributed by atoms with Gasteiger partial charge in [0.15, 0.2) is 17.3 Å². The molecule has 0 unspecified atom stereocenters. The molecule has 0 fully saturated rings. The van der Waals surface area contributed by atoms with E-state index in [1.165, 1.54) is 10.9 Å². The monoisotopic (exact) mass is 471 g/mol. The zero-order valence-electron chi connectivity index (χ0n) is 17.1. The molecule has 0 bridgehead atoms. The molecule has 0 aliphatic carbocycles. The standard InChI is InChI=1S/C21H16ClF2N7O2/c1-11-18(30-31(29-11)12-5-3-2-4-6-12)10-25-21(33)17-9-19(28-27-17)26-20(32)13-7-15(23)16(24)8-14(13)22/h2-9H,10H2,1H3,(H,25,33)(H2,26,27,28,32). The van der Waals surface area contributed by atoms with Crippen molar-refractivity contribution in [1.82, 2.24) is 30.5 Å². The first-order chi connectivity index (χ1) is 15.8. The van der Waals surface area contributed by atoms with Gasteiger partial charge in [-0.05, 0) is 31.2 Å². The van der Waals surface area contributed by atoms with Crippen LogP contribution in [0.5, 0.6) is 0 Å². The summed E-state index contributed by atoms with van der Waals surface area (Å²) in [5.41, 5.74) is 1.73. The van der Waals surface area contributed by atoms with E-state index in [2.05, 4.69) is 31.0 Å². The molecule has 0 aliphatic rings. The SMILES string of the molecule is Cc1nn(-c2ccccc2)nc1CNC(=O)c1cc(NC(=O)c2cc(F)c(F)cc2Cl)[nH]n1. The fraction of sp³-hybridized carbons (Fsp3) is 0.0952. The average molecular weight is 472 g/mol. The highest BCUT2D eigenvalue weighted by Crippen LogP contribution is 2.21. The lowest BCUT2D eigenvalue weighted by Gasteiger charge is -2.05. The maximum atomic E-state index is 13.4. The van der Waals surface area contributed by atoms with Crippen LogP contribution in [0.2, 0.25) is 5.02 Å². The predicted octanol–water partition coefficient (Wildman–Crippen LogP) is 3.41. The molecule has 0 atom stereocenters. The van der Waals surface area contributed by atoms with Crippen molar-refractivity contribution in [2.24, 2.45) is 0 Å². The van der Waals surface area contributed by atoms with Crippen molar-refractivity contribution in [2.45, 2.75) is 13.5 Å². The van der Waals surface area contributed by atoms with Crippen LogP contribution in [0.25, 0.3) is 5.69 Å². The second kappa shape index (κ2) is 9.17. The topological polar surface area (TPSA) is 118 Å². The Morgan fingerprint density at radius 3 is 2.55 bits per heavy atom. The second-order valence-electron chi connectivity index (χ2n) is 6.91. The molecule has 0 saturated heterocycles. The van der Waals surface area contributed by atoms with Crippen LogP contribution in [-0.2, 0) is 6.54 Å². The van der Waals surface area contributed by atoms with Crippen molar-refractivity contribution < 1.29 is 18.4 Å². The number of hydrogen-bond acceptors (Lipinski definition) is 5. The molecule has 9 nitrogen and oxygen atoms in total. The number of anilines is 1. The van der Waals surface area contributed by atoms with Crippen LogP contribution in [0.1, 0.15) is 32.2 Å². The van der Waals surface area contributed by atoms with Gasteiger partial charge in [0, 0.05) is 6.07 Å². The van der Waals surface area contributed by atoms with Gasteiger partial charge in [-0.2, -0.15) is 20.1 Å². The quantitative estimate of drug-likeness (QED) is 0.372. The second-order valence-corrected chi connectivity index (χ2v) is 7.31. The highest BCUT2D eigenvalue weighted by Gasteiger charge is 2.18.